The third-order valence-corrected chi connectivity index (χ3v) is 2.81. The molecule has 1 aromatic heterocycles. The first-order valence-electron chi connectivity index (χ1n) is 6.47. The molecule has 0 spiro atoms. The Labute approximate surface area is 116 Å². The molecule has 1 heterocycles. The van der Waals surface area contributed by atoms with Crippen LogP contribution in [0.25, 0.3) is 0 Å². The zero-order chi connectivity index (χ0) is 14.7. The molecule has 0 radical (unpaired) electrons. The quantitative estimate of drug-likeness (QED) is 0.915. The molecular formula is C14H17F2N3O. The SMILES string of the molecule is CC(C)C[C@H](N)c1nc(Cc2cc(F)cc(F)c2)no1. The Morgan fingerprint density at radius 1 is 1.20 bits per heavy atom. The van der Waals surface area contributed by atoms with Crippen LogP contribution in [0.5, 0.6) is 0 Å². The molecule has 2 aromatic rings. The van der Waals surface area contributed by atoms with Gasteiger partial charge in [-0.05, 0) is 30.0 Å². The maximum atomic E-state index is 13.1. The van der Waals surface area contributed by atoms with Gasteiger partial charge in [-0.15, -0.1) is 0 Å². The Hall–Kier alpha value is -1.82. The van der Waals surface area contributed by atoms with Gasteiger partial charge in [-0.2, -0.15) is 4.98 Å². The average Bonchev–Trinajstić information content (AvgIpc) is 2.75. The normalized spacial score (nSPS) is 12.9. The standard InChI is InChI=1S/C14H17F2N3O/c1-8(2)3-12(17)14-18-13(19-20-14)6-9-4-10(15)7-11(16)5-9/h4-5,7-8,12H,3,6,17H2,1-2H3/t12-/m0/s1. The van der Waals surface area contributed by atoms with E-state index in [1.807, 2.05) is 13.8 Å². The summed E-state index contributed by atoms with van der Waals surface area (Å²) in [6, 6.07) is 2.99. The van der Waals surface area contributed by atoms with E-state index in [1.54, 1.807) is 0 Å². The Balaban J connectivity index is 2.09. The van der Waals surface area contributed by atoms with Gasteiger partial charge in [0.05, 0.1) is 6.04 Å². The molecule has 1 aromatic carbocycles. The molecule has 0 bridgehead atoms. The lowest BCUT2D eigenvalue weighted by atomic mass is 10.0. The van der Waals surface area contributed by atoms with Crippen molar-refractivity contribution in [2.45, 2.75) is 32.7 Å². The van der Waals surface area contributed by atoms with Crippen molar-refractivity contribution in [3.8, 4) is 0 Å². The van der Waals surface area contributed by atoms with Crippen molar-refractivity contribution in [2.24, 2.45) is 11.7 Å². The van der Waals surface area contributed by atoms with Gasteiger partial charge in [0, 0.05) is 12.5 Å². The van der Waals surface area contributed by atoms with Gasteiger partial charge in [0.1, 0.15) is 11.6 Å². The van der Waals surface area contributed by atoms with E-state index in [1.165, 1.54) is 12.1 Å². The first-order chi connectivity index (χ1) is 9.44. The van der Waals surface area contributed by atoms with Gasteiger partial charge in [-0.25, -0.2) is 8.78 Å². The van der Waals surface area contributed by atoms with Crippen molar-refractivity contribution < 1.29 is 13.3 Å². The minimum atomic E-state index is -0.625. The van der Waals surface area contributed by atoms with Crippen LogP contribution in [0.4, 0.5) is 8.78 Å². The second kappa shape index (κ2) is 6.09. The number of nitrogens with two attached hydrogens (primary N) is 1. The smallest absolute Gasteiger partial charge is 0.243 e. The molecule has 0 saturated heterocycles. The van der Waals surface area contributed by atoms with Crippen molar-refractivity contribution in [1.82, 2.24) is 10.1 Å². The lowest BCUT2D eigenvalue weighted by molar-refractivity contribution is 0.333. The van der Waals surface area contributed by atoms with Crippen LogP contribution >= 0.6 is 0 Å². The molecule has 0 aliphatic heterocycles. The van der Waals surface area contributed by atoms with E-state index in [0.29, 0.717) is 23.2 Å². The van der Waals surface area contributed by atoms with E-state index in [-0.39, 0.29) is 12.5 Å². The molecular weight excluding hydrogens is 264 g/mol. The lowest BCUT2D eigenvalue weighted by Crippen LogP contribution is -2.13. The number of nitrogens with zero attached hydrogens (tertiary/aromatic N) is 2. The second-order valence-electron chi connectivity index (χ2n) is 5.24. The molecule has 1 atom stereocenters. The van der Waals surface area contributed by atoms with Gasteiger partial charge in [0.2, 0.25) is 5.89 Å². The number of benzene rings is 1. The second-order valence-corrected chi connectivity index (χ2v) is 5.24. The highest BCUT2D eigenvalue weighted by atomic mass is 19.1. The van der Waals surface area contributed by atoms with Crippen LogP contribution in [0.3, 0.4) is 0 Å². The van der Waals surface area contributed by atoms with Gasteiger partial charge in [0.25, 0.3) is 0 Å². The van der Waals surface area contributed by atoms with Crippen LogP contribution in [0.15, 0.2) is 22.7 Å². The molecule has 4 nitrogen and oxygen atoms in total. The highest BCUT2D eigenvalue weighted by molar-refractivity contribution is 5.21. The first-order valence-corrected chi connectivity index (χ1v) is 6.47. The highest BCUT2D eigenvalue weighted by Crippen LogP contribution is 2.18. The van der Waals surface area contributed by atoms with Crippen LogP contribution in [0, 0.1) is 17.6 Å². The Bertz CT molecular complexity index is 563. The van der Waals surface area contributed by atoms with Gasteiger partial charge in [-0.1, -0.05) is 19.0 Å². The van der Waals surface area contributed by atoms with Crippen molar-refractivity contribution in [2.75, 3.05) is 0 Å². The lowest BCUT2D eigenvalue weighted by Gasteiger charge is -2.08. The fourth-order valence-corrected chi connectivity index (χ4v) is 1.99. The summed E-state index contributed by atoms with van der Waals surface area (Å²) in [5.74, 6) is -0.118. The maximum absolute atomic E-state index is 13.1. The molecule has 6 heteroatoms. The first kappa shape index (κ1) is 14.6. The van der Waals surface area contributed by atoms with E-state index in [2.05, 4.69) is 10.1 Å². The molecule has 2 rings (SSSR count). The molecule has 0 amide bonds. The van der Waals surface area contributed by atoms with Gasteiger partial charge in [-0.3, -0.25) is 0 Å². The maximum Gasteiger partial charge on any atom is 0.243 e. The molecule has 20 heavy (non-hydrogen) atoms. The molecule has 0 saturated carbocycles. The van der Waals surface area contributed by atoms with Gasteiger partial charge < -0.3 is 10.3 Å². The van der Waals surface area contributed by atoms with E-state index in [4.69, 9.17) is 10.3 Å². The van der Waals surface area contributed by atoms with Crippen LogP contribution in [-0.2, 0) is 6.42 Å². The summed E-state index contributed by atoms with van der Waals surface area (Å²) in [4.78, 5) is 4.17. The molecule has 0 fully saturated rings. The summed E-state index contributed by atoms with van der Waals surface area (Å²) in [5, 5.41) is 3.79. The monoisotopic (exact) mass is 281 g/mol. The Morgan fingerprint density at radius 3 is 2.45 bits per heavy atom. The zero-order valence-corrected chi connectivity index (χ0v) is 11.4. The molecule has 2 N–H and O–H groups in total. The average molecular weight is 281 g/mol. The summed E-state index contributed by atoms with van der Waals surface area (Å²) in [6.07, 6.45) is 0.933. The van der Waals surface area contributed by atoms with Crippen molar-refractivity contribution in [1.29, 1.82) is 0 Å². The molecule has 0 aliphatic carbocycles. The third kappa shape index (κ3) is 3.84. The number of halogens is 2. The van der Waals surface area contributed by atoms with Gasteiger partial charge in [0.15, 0.2) is 5.82 Å². The fourth-order valence-electron chi connectivity index (χ4n) is 1.99. The summed E-state index contributed by atoms with van der Waals surface area (Å²) < 4.78 is 31.3. The van der Waals surface area contributed by atoms with Gasteiger partial charge >= 0.3 is 0 Å². The predicted octanol–water partition coefficient (Wildman–Crippen LogP) is 2.98. The van der Waals surface area contributed by atoms with Crippen molar-refractivity contribution >= 4 is 0 Å². The zero-order valence-electron chi connectivity index (χ0n) is 11.4. The van der Waals surface area contributed by atoms with Crippen molar-refractivity contribution in [3.63, 3.8) is 0 Å². The molecule has 0 aliphatic rings. The Morgan fingerprint density at radius 2 is 1.85 bits per heavy atom. The topological polar surface area (TPSA) is 64.9 Å². The van der Waals surface area contributed by atoms with E-state index in [0.717, 1.165) is 12.5 Å². The highest BCUT2D eigenvalue weighted by Gasteiger charge is 2.16. The number of aromatic nitrogens is 2. The van der Waals surface area contributed by atoms with Crippen LogP contribution in [0.1, 0.15) is 43.6 Å². The number of rotatable bonds is 5. The summed E-state index contributed by atoms with van der Waals surface area (Å²) in [7, 11) is 0. The van der Waals surface area contributed by atoms with E-state index < -0.39 is 11.6 Å². The third-order valence-electron chi connectivity index (χ3n) is 2.81. The van der Waals surface area contributed by atoms with E-state index in [9.17, 15) is 8.78 Å². The number of hydrogen-bond acceptors (Lipinski definition) is 4. The number of hydrogen-bond donors (Lipinski definition) is 1. The Kier molecular flexibility index (Phi) is 4.44. The minimum absolute atomic E-state index is 0.201. The van der Waals surface area contributed by atoms with Crippen LogP contribution in [0.2, 0.25) is 0 Å². The molecule has 108 valence electrons. The predicted molar refractivity (Wildman–Crippen MR) is 69.8 cm³/mol. The molecule has 0 unspecified atom stereocenters. The van der Waals surface area contributed by atoms with Crippen molar-refractivity contribution in [3.05, 3.63) is 47.1 Å². The van der Waals surface area contributed by atoms with Crippen LogP contribution in [-0.4, -0.2) is 10.1 Å². The summed E-state index contributed by atoms with van der Waals surface area (Å²) >= 11 is 0. The summed E-state index contributed by atoms with van der Waals surface area (Å²) in [5.41, 5.74) is 6.39. The largest absolute Gasteiger partial charge is 0.338 e. The fraction of sp³-hybridized carbons (Fsp3) is 0.429. The van der Waals surface area contributed by atoms with E-state index >= 15 is 0 Å². The summed E-state index contributed by atoms with van der Waals surface area (Å²) in [6.45, 7) is 4.10. The van der Waals surface area contributed by atoms with Crippen LogP contribution < -0.4 is 5.73 Å². The minimum Gasteiger partial charge on any atom is -0.338 e.